The van der Waals surface area contributed by atoms with Crippen LogP contribution in [0, 0.1) is 0 Å². The van der Waals surface area contributed by atoms with Crippen LogP contribution in [0.3, 0.4) is 0 Å². The van der Waals surface area contributed by atoms with E-state index in [0.717, 1.165) is 11.1 Å². The molecule has 35 heavy (non-hydrogen) atoms. The molecule has 2 amide bonds. The van der Waals surface area contributed by atoms with Crippen LogP contribution >= 0.6 is 0 Å². The molecule has 0 saturated heterocycles. The Kier molecular flexibility index (Phi) is 10.7. The molecule has 0 aromatic heterocycles. The van der Waals surface area contributed by atoms with Crippen LogP contribution in [-0.2, 0) is 37.0 Å². The first-order valence-electron chi connectivity index (χ1n) is 11.3. The number of aliphatic carboxylic acids is 1. The van der Waals surface area contributed by atoms with Crippen molar-refractivity contribution < 1.29 is 33.7 Å². The second-order valence-corrected chi connectivity index (χ2v) is 9.03. The van der Waals surface area contributed by atoms with Gasteiger partial charge >= 0.3 is 12.1 Å². The Balaban J connectivity index is 2.05. The van der Waals surface area contributed by atoms with Crippen LogP contribution in [0.1, 0.15) is 38.8 Å². The molecular formula is C26H34N2O7. The first-order valence-corrected chi connectivity index (χ1v) is 11.3. The van der Waals surface area contributed by atoms with E-state index in [2.05, 4.69) is 10.6 Å². The van der Waals surface area contributed by atoms with Crippen molar-refractivity contribution in [1.29, 1.82) is 0 Å². The number of carboxylic acid groups (broad SMARTS) is 1. The number of carbonyl (C=O) groups is 3. The third kappa shape index (κ3) is 10.6. The second-order valence-electron chi connectivity index (χ2n) is 9.03. The SMILES string of the molecule is C[C@@H](OCc1ccccc1)[C@H](NC(=O)OC(C)(C)C)C(=O)N[C@@H](COCc1ccccc1)C(=O)O. The molecule has 2 aromatic rings. The Morgan fingerprint density at radius 2 is 1.43 bits per heavy atom. The van der Waals surface area contributed by atoms with Crippen LogP contribution in [-0.4, -0.2) is 53.5 Å². The summed E-state index contributed by atoms with van der Waals surface area (Å²) in [5.74, 6) is -1.99. The number of hydrogen-bond acceptors (Lipinski definition) is 6. The largest absolute Gasteiger partial charge is 0.480 e. The lowest BCUT2D eigenvalue weighted by Crippen LogP contribution is -2.57. The Hall–Kier alpha value is -3.43. The summed E-state index contributed by atoms with van der Waals surface area (Å²) in [5.41, 5.74) is 0.970. The van der Waals surface area contributed by atoms with Crippen LogP contribution < -0.4 is 10.6 Å². The van der Waals surface area contributed by atoms with Gasteiger partial charge in [0.15, 0.2) is 6.04 Å². The smallest absolute Gasteiger partial charge is 0.408 e. The minimum absolute atomic E-state index is 0.191. The highest BCUT2D eigenvalue weighted by Gasteiger charge is 2.32. The quantitative estimate of drug-likeness (QED) is 0.421. The van der Waals surface area contributed by atoms with Crippen LogP contribution in [0.5, 0.6) is 0 Å². The number of alkyl carbamates (subject to hydrolysis) is 1. The van der Waals surface area contributed by atoms with Gasteiger partial charge in [-0.05, 0) is 38.8 Å². The third-order valence-corrected chi connectivity index (χ3v) is 4.79. The highest BCUT2D eigenvalue weighted by atomic mass is 16.6. The predicted molar refractivity (Wildman–Crippen MR) is 130 cm³/mol. The van der Waals surface area contributed by atoms with Crippen LogP contribution in [0.4, 0.5) is 4.79 Å². The molecule has 9 heteroatoms. The van der Waals surface area contributed by atoms with Crippen LogP contribution in [0.15, 0.2) is 60.7 Å². The minimum Gasteiger partial charge on any atom is -0.480 e. The normalized spacial score (nSPS) is 13.8. The minimum atomic E-state index is -1.32. The molecule has 0 bridgehead atoms. The Bertz CT molecular complexity index is 945. The van der Waals surface area contributed by atoms with Crippen molar-refractivity contribution in [3.8, 4) is 0 Å². The molecule has 0 spiro atoms. The molecule has 0 radical (unpaired) electrons. The molecule has 9 nitrogen and oxygen atoms in total. The van der Waals surface area contributed by atoms with Crippen molar-refractivity contribution in [3.63, 3.8) is 0 Å². The number of benzene rings is 2. The van der Waals surface area contributed by atoms with Gasteiger partial charge in [0.1, 0.15) is 11.6 Å². The number of rotatable bonds is 12. The number of hydrogen-bond donors (Lipinski definition) is 3. The molecule has 0 fully saturated rings. The number of amides is 2. The third-order valence-electron chi connectivity index (χ3n) is 4.79. The Morgan fingerprint density at radius 1 is 0.886 bits per heavy atom. The summed E-state index contributed by atoms with van der Waals surface area (Å²) in [6.07, 6.45) is -1.61. The molecule has 3 N–H and O–H groups in total. The lowest BCUT2D eigenvalue weighted by atomic mass is 10.1. The second kappa shape index (κ2) is 13.5. The van der Waals surface area contributed by atoms with Gasteiger partial charge in [0.05, 0.1) is 25.9 Å². The molecule has 0 heterocycles. The van der Waals surface area contributed by atoms with Crippen molar-refractivity contribution in [2.45, 2.75) is 64.7 Å². The molecule has 2 aromatic carbocycles. The van der Waals surface area contributed by atoms with Gasteiger partial charge in [0, 0.05) is 0 Å². The molecule has 0 aliphatic rings. The van der Waals surface area contributed by atoms with Crippen LogP contribution in [0.2, 0.25) is 0 Å². The van der Waals surface area contributed by atoms with Gasteiger partial charge in [-0.1, -0.05) is 60.7 Å². The van der Waals surface area contributed by atoms with E-state index in [9.17, 15) is 19.5 Å². The summed E-state index contributed by atoms with van der Waals surface area (Å²) in [5, 5.41) is 14.5. The highest BCUT2D eigenvalue weighted by Crippen LogP contribution is 2.11. The molecule has 0 aliphatic carbocycles. The van der Waals surface area contributed by atoms with Gasteiger partial charge in [-0.15, -0.1) is 0 Å². The van der Waals surface area contributed by atoms with Gasteiger partial charge in [-0.2, -0.15) is 0 Å². The van der Waals surface area contributed by atoms with E-state index >= 15 is 0 Å². The van der Waals surface area contributed by atoms with Gasteiger partial charge < -0.3 is 30.0 Å². The Labute approximate surface area is 205 Å². The molecule has 190 valence electrons. The van der Waals surface area contributed by atoms with Gasteiger partial charge in [-0.25, -0.2) is 9.59 Å². The van der Waals surface area contributed by atoms with Crippen molar-refractivity contribution >= 4 is 18.0 Å². The van der Waals surface area contributed by atoms with Gasteiger partial charge in [-0.3, -0.25) is 4.79 Å². The molecule has 0 unspecified atom stereocenters. The van der Waals surface area contributed by atoms with E-state index in [1.165, 1.54) is 0 Å². The van der Waals surface area contributed by atoms with E-state index in [1.807, 2.05) is 60.7 Å². The number of nitrogens with one attached hydrogen (secondary N) is 2. The standard InChI is InChI=1S/C26H34N2O7/c1-18(34-16-20-13-9-6-10-14-20)22(28-25(32)35-26(2,3)4)23(29)27-21(24(30)31)17-33-15-19-11-7-5-8-12-19/h5-14,18,21-22H,15-17H2,1-4H3,(H,27,29)(H,28,32)(H,30,31)/t18-,21+,22+/m1/s1. The van der Waals surface area contributed by atoms with E-state index in [-0.39, 0.29) is 19.8 Å². The molecule has 2 rings (SSSR count). The predicted octanol–water partition coefficient (Wildman–Crippen LogP) is 3.27. The zero-order chi connectivity index (χ0) is 25.8. The van der Waals surface area contributed by atoms with Crippen molar-refractivity contribution in [1.82, 2.24) is 10.6 Å². The number of ether oxygens (including phenoxy) is 3. The fourth-order valence-electron chi connectivity index (χ4n) is 3.03. The fraction of sp³-hybridized carbons (Fsp3) is 0.423. The summed E-state index contributed by atoms with van der Waals surface area (Å²) < 4.78 is 16.6. The Morgan fingerprint density at radius 3 is 1.94 bits per heavy atom. The zero-order valence-electron chi connectivity index (χ0n) is 20.5. The fourth-order valence-corrected chi connectivity index (χ4v) is 3.03. The van der Waals surface area contributed by atoms with Crippen molar-refractivity contribution in [2.75, 3.05) is 6.61 Å². The first-order chi connectivity index (χ1) is 16.5. The van der Waals surface area contributed by atoms with E-state index in [4.69, 9.17) is 14.2 Å². The van der Waals surface area contributed by atoms with Crippen molar-refractivity contribution in [2.24, 2.45) is 0 Å². The van der Waals surface area contributed by atoms with Crippen LogP contribution in [0.25, 0.3) is 0 Å². The maximum absolute atomic E-state index is 13.1. The van der Waals surface area contributed by atoms with Gasteiger partial charge in [0.2, 0.25) is 5.91 Å². The summed E-state index contributed by atoms with van der Waals surface area (Å²) in [4.78, 5) is 37.2. The topological polar surface area (TPSA) is 123 Å². The molecule has 0 saturated carbocycles. The maximum atomic E-state index is 13.1. The highest BCUT2D eigenvalue weighted by molar-refractivity contribution is 5.89. The monoisotopic (exact) mass is 486 g/mol. The summed E-state index contributed by atoms with van der Waals surface area (Å²) >= 11 is 0. The summed E-state index contributed by atoms with van der Waals surface area (Å²) in [6.45, 7) is 6.84. The van der Waals surface area contributed by atoms with Gasteiger partial charge in [0.25, 0.3) is 0 Å². The first kappa shape index (κ1) is 27.8. The van der Waals surface area contributed by atoms with E-state index < -0.39 is 41.8 Å². The lowest BCUT2D eigenvalue weighted by molar-refractivity contribution is -0.144. The number of carboxylic acids is 1. The molecular weight excluding hydrogens is 452 g/mol. The summed E-state index contributed by atoms with van der Waals surface area (Å²) in [7, 11) is 0. The lowest BCUT2D eigenvalue weighted by Gasteiger charge is -2.28. The zero-order valence-corrected chi connectivity index (χ0v) is 20.5. The molecule has 0 aliphatic heterocycles. The number of carbonyl (C=O) groups excluding carboxylic acids is 2. The average Bonchev–Trinajstić information content (AvgIpc) is 2.80. The van der Waals surface area contributed by atoms with E-state index in [0.29, 0.717) is 0 Å². The van der Waals surface area contributed by atoms with Crippen molar-refractivity contribution in [3.05, 3.63) is 71.8 Å². The summed E-state index contributed by atoms with van der Waals surface area (Å²) in [6, 6.07) is 16.1. The molecule has 3 atom stereocenters. The maximum Gasteiger partial charge on any atom is 0.408 e. The average molecular weight is 487 g/mol. The van der Waals surface area contributed by atoms with E-state index in [1.54, 1.807) is 27.7 Å².